The van der Waals surface area contributed by atoms with Gasteiger partial charge in [-0.05, 0) is 18.4 Å². The van der Waals surface area contributed by atoms with Crippen LogP contribution in [0.2, 0.25) is 0 Å². The molecule has 1 heterocycles. The number of carbonyl (C=O) groups is 1. The van der Waals surface area contributed by atoms with Crippen LogP contribution < -0.4 is 10.6 Å². The summed E-state index contributed by atoms with van der Waals surface area (Å²) in [6, 6.07) is 9.82. The van der Waals surface area contributed by atoms with E-state index in [-0.39, 0.29) is 11.9 Å². The minimum absolute atomic E-state index is 0.0804. The quantitative estimate of drug-likeness (QED) is 0.776. The Labute approximate surface area is 107 Å². The molecule has 1 aliphatic rings. The average molecular weight is 250 g/mol. The lowest BCUT2D eigenvalue weighted by atomic mass is 10.1. The second-order valence-electron chi connectivity index (χ2n) is 4.67. The number of alkyl halides is 1. The standard InChI is InChI=1S/C14H19FN2O/c15-12-9-13(17-10-12)14(18)16-8-4-7-11-5-2-1-3-6-11/h1-3,5-6,12-13,17H,4,7-10H2,(H,16,18). The molecular weight excluding hydrogens is 231 g/mol. The summed E-state index contributed by atoms with van der Waals surface area (Å²) in [6.45, 7) is 0.935. The lowest BCUT2D eigenvalue weighted by Crippen LogP contribution is -2.40. The molecule has 18 heavy (non-hydrogen) atoms. The van der Waals surface area contributed by atoms with E-state index in [1.807, 2.05) is 18.2 Å². The van der Waals surface area contributed by atoms with Gasteiger partial charge in [-0.3, -0.25) is 4.79 Å². The first-order valence-electron chi connectivity index (χ1n) is 6.45. The largest absolute Gasteiger partial charge is 0.355 e. The Balaban J connectivity index is 1.62. The second-order valence-corrected chi connectivity index (χ2v) is 4.67. The predicted molar refractivity (Wildman–Crippen MR) is 69.1 cm³/mol. The zero-order valence-electron chi connectivity index (χ0n) is 10.4. The summed E-state index contributed by atoms with van der Waals surface area (Å²) >= 11 is 0. The molecule has 0 radical (unpaired) electrons. The molecule has 2 N–H and O–H groups in total. The minimum Gasteiger partial charge on any atom is -0.355 e. The summed E-state index contributed by atoms with van der Waals surface area (Å²) in [7, 11) is 0. The number of amides is 1. The number of carbonyl (C=O) groups excluding carboxylic acids is 1. The fourth-order valence-electron chi connectivity index (χ4n) is 2.16. The normalized spacial score (nSPS) is 22.9. The topological polar surface area (TPSA) is 41.1 Å². The minimum atomic E-state index is -0.884. The number of aryl methyl sites for hydroxylation is 1. The summed E-state index contributed by atoms with van der Waals surface area (Å²) in [5.41, 5.74) is 1.27. The highest BCUT2D eigenvalue weighted by Gasteiger charge is 2.28. The molecule has 98 valence electrons. The molecule has 1 saturated heterocycles. The molecule has 1 aliphatic heterocycles. The number of halogens is 1. The lowest BCUT2D eigenvalue weighted by molar-refractivity contribution is -0.122. The molecule has 0 saturated carbocycles. The first kappa shape index (κ1) is 13.0. The highest BCUT2D eigenvalue weighted by Crippen LogP contribution is 2.09. The van der Waals surface area contributed by atoms with Crippen LogP contribution in [0.15, 0.2) is 30.3 Å². The van der Waals surface area contributed by atoms with E-state index in [0.717, 1.165) is 12.8 Å². The second kappa shape index (κ2) is 6.50. The first-order chi connectivity index (χ1) is 8.75. The van der Waals surface area contributed by atoms with Gasteiger partial charge in [-0.2, -0.15) is 0 Å². The van der Waals surface area contributed by atoms with Gasteiger partial charge in [0.15, 0.2) is 0 Å². The Kier molecular flexibility index (Phi) is 4.70. The van der Waals surface area contributed by atoms with E-state index in [1.54, 1.807) is 0 Å². The zero-order chi connectivity index (χ0) is 12.8. The van der Waals surface area contributed by atoms with Crippen molar-refractivity contribution >= 4 is 5.91 Å². The van der Waals surface area contributed by atoms with Gasteiger partial charge in [0.25, 0.3) is 0 Å². The summed E-state index contributed by atoms with van der Waals surface area (Å²) in [5, 5.41) is 5.72. The lowest BCUT2D eigenvalue weighted by Gasteiger charge is -2.10. The van der Waals surface area contributed by atoms with Gasteiger partial charge < -0.3 is 10.6 Å². The van der Waals surface area contributed by atoms with E-state index in [9.17, 15) is 9.18 Å². The van der Waals surface area contributed by atoms with E-state index in [4.69, 9.17) is 0 Å². The van der Waals surface area contributed by atoms with Crippen LogP contribution >= 0.6 is 0 Å². The maximum atomic E-state index is 12.9. The highest BCUT2D eigenvalue weighted by atomic mass is 19.1. The Morgan fingerprint density at radius 1 is 1.39 bits per heavy atom. The van der Waals surface area contributed by atoms with Crippen molar-refractivity contribution < 1.29 is 9.18 Å². The molecule has 0 aliphatic carbocycles. The van der Waals surface area contributed by atoms with Crippen LogP contribution in [0.25, 0.3) is 0 Å². The average Bonchev–Trinajstić information content (AvgIpc) is 2.82. The predicted octanol–water partition coefficient (Wildman–Crippen LogP) is 1.44. The van der Waals surface area contributed by atoms with E-state index >= 15 is 0 Å². The summed E-state index contributed by atoms with van der Waals surface area (Å²) in [5.74, 6) is -0.0804. The van der Waals surface area contributed by atoms with Gasteiger partial charge in [0, 0.05) is 19.5 Å². The van der Waals surface area contributed by atoms with Crippen LogP contribution in [-0.2, 0) is 11.2 Å². The molecule has 2 atom stereocenters. The summed E-state index contributed by atoms with van der Waals surface area (Å²) in [4.78, 5) is 11.7. The molecule has 4 heteroatoms. The van der Waals surface area contributed by atoms with E-state index in [2.05, 4.69) is 22.8 Å². The smallest absolute Gasteiger partial charge is 0.237 e. The Hall–Kier alpha value is -1.42. The van der Waals surface area contributed by atoms with Gasteiger partial charge >= 0.3 is 0 Å². The number of benzene rings is 1. The third-order valence-electron chi connectivity index (χ3n) is 3.18. The maximum absolute atomic E-state index is 12.9. The highest BCUT2D eigenvalue weighted by molar-refractivity contribution is 5.82. The number of hydrogen-bond acceptors (Lipinski definition) is 2. The molecule has 3 nitrogen and oxygen atoms in total. The van der Waals surface area contributed by atoms with E-state index < -0.39 is 6.17 Å². The van der Waals surface area contributed by atoms with Crippen molar-refractivity contribution in [3.05, 3.63) is 35.9 Å². The molecule has 2 rings (SSSR count). The van der Waals surface area contributed by atoms with Crippen molar-refractivity contribution in [2.75, 3.05) is 13.1 Å². The van der Waals surface area contributed by atoms with Crippen LogP contribution in [0.1, 0.15) is 18.4 Å². The van der Waals surface area contributed by atoms with Crippen LogP contribution in [-0.4, -0.2) is 31.2 Å². The number of nitrogens with one attached hydrogen (secondary N) is 2. The molecule has 0 spiro atoms. The molecule has 1 fully saturated rings. The molecule has 2 unspecified atom stereocenters. The van der Waals surface area contributed by atoms with Crippen molar-refractivity contribution in [1.29, 1.82) is 0 Å². The van der Waals surface area contributed by atoms with Crippen LogP contribution in [0.4, 0.5) is 4.39 Å². The zero-order valence-corrected chi connectivity index (χ0v) is 10.4. The number of hydrogen-bond donors (Lipinski definition) is 2. The van der Waals surface area contributed by atoms with Gasteiger partial charge in [-0.1, -0.05) is 30.3 Å². The molecule has 0 bridgehead atoms. The van der Waals surface area contributed by atoms with Crippen molar-refractivity contribution in [3.63, 3.8) is 0 Å². The molecular formula is C14H19FN2O. The Morgan fingerprint density at radius 3 is 2.83 bits per heavy atom. The number of rotatable bonds is 5. The van der Waals surface area contributed by atoms with Gasteiger partial charge in [0.1, 0.15) is 6.17 Å². The molecule has 0 aromatic heterocycles. The molecule has 1 amide bonds. The van der Waals surface area contributed by atoms with Crippen molar-refractivity contribution in [3.8, 4) is 0 Å². The van der Waals surface area contributed by atoms with Gasteiger partial charge in [-0.15, -0.1) is 0 Å². The van der Waals surface area contributed by atoms with E-state index in [0.29, 0.717) is 19.5 Å². The Bertz CT molecular complexity index is 383. The van der Waals surface area contributed by atoms with E-state index in [1.165, 1.54) is 5.56 Å². The van der Waals surface area contributed by atoms with Gasteiger partial charge in [0.05, 0.1) is 6.04 Å². The first-order valence-corrected chi connectivity index (χ1v) is 6.45. The van der Waals surface area contributed by atoms with Gasteiger partial charge in [0.2, 0.25) is 5.91 Å². The van der Waals surface area contributed by atoms with Gasteiger partial charge in [-0.25, -0.2) is 4.39 Å². The summed E-state index contributed by atoms with van der Waals surface area (Å²) in [6.07, 6.45) is 1.27. The molecule has 1 aromatic rings. The maximum Gasteiger partial charge on any atom is 0.237 e. The van der Waals surface area contributed by atoms with Crippen molar-refractivity contribution in [2.24, 2.45) is 0 Å². The Morgan fingerprint density at radius 2 is 2.17 bits per heavy atom. The van der Waals surface area contributed by atoms with Crippen molar-refractivity contribution in [1.82, 2.24) is 10.6 Å². The monoisotopic (exact) mass is 250 g/mol. The van der Waals surface area contributed by atoms with Crippen LogP contribution in [0.5, 0.6) is 0 Å². The SMILES string of the molecule is O=C(NCCCc1ccccc1)C1CC(F)CN1. The fraction of sp³-hybridized carbons (Fsp3) is 0.500. The molecule has 1 aromatic carbocycles. The van der Waals surface area contributed by atoms with Crippen LogP contribution in [0, 0.1) is 0 Å². The van der Waals surface area contributed by atoms with Crippen molar-refractivity contribution in [2.45, 2.75) is 31.5 Å². The van der Waals surface area contributed by atoms with Crippen LogP contribution in [0.3, 0.4) is 0 Å². The summed E-state index contributed by atoms with van der Waals surface area (Å²) < 4.78 is 12.9. The third kappa shape index (κ3) is 3.81. The fourth-order valence-corrected chi connectivity index (χ4v) is 2.16. The third-order valence-corrected chi connectivity index (χ3v) is 3.18.